The van der Waals surface area contributed by atoms with Crippen molar-refractivity contribution >= 4 is 22.5 Å². The molecule has 0 aliphatic carbocycles. The van der Waals surface area contributed by atoms with E-state index >= 15 is 0 Å². The van der Waals surface area contributed by atoms with Gasteiger partial charge in [0.05, 0.1) is 15.9 Å². The Morgan fingerprint density at radius 2 is 1.75 bits per heavy atom. The second-order valence-corrected chi connectivity index (χ2v) is 6.62. The molecule has 0 saturated heterocycles. The first-order valence-electron chi connectivity index (χ1n) is 8.52. The predicted molar refractivity (Wildman–Crippen MR) is 110 cm³/mol. The lowest BCUT2D eigenvalue weighted by molar-refractivity contribution is 0.867. The number of nitrogens with one attached hydrogen (secondary N) is 1. The van der Waals surface area contributed by atoms with Crippen LogP contribution in [0.2, 0.25) is 5.02 Å². The van der Waals surface area contributed by atoms with E-state index in [1.807, 2.05) is 43.3 Å². The Labute approximate surface area is 165 Å². The molecule has 6 heteroatoms. The van der Waals surface area contributed by atoms with Crippen molar-refractivity contribution in [1.82, 2.24) is 14.5 Å². The van der Waals surface area contributed by atoms with Crippen molar-refractivity contribution in [3.05, 3.63) is 103 Å². The van der Waals surface area contributed by atoms with Gasteiger partial charge < -0.3 is 4.98 Å². The highest BCUT2D eigenvalue weighted by atomic mass is 35.5. The van der Waals surface area contributed by atoms with Crippen LogP contribution in [0, 0.1) is 18.8 Å². The summed E-state index contributed by atoms with van der Waals surface area (Å²) in [4.78, 5) is 32.4. The molecule has 0 saturated carbocycles. The molecule has 4 rings (SSSR count). The number of pyridine rings is 1. The van der Waals surface area contributed by atoms with Gasteiger partial charge in [-0.15, -0.1) is 0 Å². The van der Waals surface area contributed by atoms with Gasteiger partial charge in [-0.05, 0) is 36.8 Å². The Morgan fingerprint density at radius 3 is 2.50 bits per heavy atom. The van der Waals surface area contributed by atoms with E-state index in [9.17, 15) is 9.59 Å². The number of nitrogens with zero attached hydrogens (tertiary/aromatic N) is 2. The zero-order chi connectivity index (χ0) is 19.7. The molecule has 0 amide bonds. The van der Waals surface area contributed by atoms with Crippen molar-refractivity contribution in [2.24, 2.45) is 0 Å². The minimum atomic E-state index is -0.593. The van der Waals surface area contributed by atoms with E-state index < -0.39 is 11.2 Å². The highest BCUT2D eigenvalue weighted by molar-refractivity contribution is 6.32. The highest BCUT2D eigenvalue weighted by Gasteiger charge is 2.14. The van der Waals surface area contributed by atoms with Crippen LogP contribution in [-0.4, -0.2) is 14.5 Å². The van der Waals surface area contributed by atoms with Crippen LogP contribution in [0.25, 0.3) is 16.7 Å². The monoisotopic (exact) mass is 387 g/mol. The molecule has 0 aliphatic heterocycles. The zero-order valence-electron chi connectivity index (χ0n) is 14.9. The van der Waals surface area contributed by atoms with E-state index in [0.717, 1.165) is 15.7 Å². The van der Waals surface area contributed by atoms with Gasteiger partial charge in [0.1, 0.15) is 0 Å². The first-order valence-corrected chi connectivity index (χ1v) is 8.90. The van der Waals surface area contributed by atoms with Crippen LogP contribution in [0.3, 0.4) is 0 Å². The maximum absolute atomic E-state index is 12.9. The summed E-state index contributed by atoms with van der Waals surface area (Å²) >= 11 is 6.33. The smallest absolute Gasteiger partial charge is 0.306 e. The second kappa shape index (κ2) is 7.18. The molecule has 4 aromatic rings. The molecule has 28 heavy (non-hydrogen) atoms. The molecular weight excluding hydrogens is 374 g/mol. The maximum atomic E-state index is 12.9. The van der Waals surface area contributed by atoms with Crippen molar-refractivity contribution in [3.8, 4) is 17.7 Å². The van der Waals surface area contributed by atoms with Gasteiger partial charge in [0.2, 0.25) is 0 Å². The quantitative estimate of drug-likeness (QED) is 0.509. The van der Waals surface area contributed by atoms with Crippen molar-refractivity contribution in [1.29, 1.82) is 0 Å². The fourth-order valence-electron chi connectivity index (χ4n) is 2.91. The molecule has 2 heterocycles. The highest BCUT2D eigenvalue weighted by Crippen LogP contribution is 2.18. The van der Waals surface area contributed by atoms with Crippen LogP contribution < -0.4 is 11.2 Å². The van der Waals surface area contributed by atoms with Gasteiger partial charge >= 0.3 is 5.69 Å². The number of aromatic nitrogens is 3. The molecule has 0 unspecified atom stereocenters. The molecule has 0 fully saturated rings. The van der Waals surface area contributed by atoms with Gasteiger partial charge in [-0.25, -0.2) is 14.3 Å². The number of hydrogen-bond acceptors (Lipinski definition) is 3. The number of fused-ring (bicyclic) bond motifs is 1. The summed E-state index contributed by atoms with van der Waals surface area (Å²) in [5, 5.41) is 0.560. The first kappa shape index (κ1) is 17.8. The summed E-state index contributed by atoms with van der Waals surface area (Å²) in [6.45, 7) is 1.83. The van der Waals surface area contributed by atoms with Crippen LogP contribution in [0.1, 0.15) is 16.7 Å². The lowest BCUT2D eigenvalue weighted by Gasteiger charge is -2.08. The van der Waals surface area contributed by atoms with Crippen LogP contribution in [0.5, 0.6) is 0 Å². The van der Waals surface area contributed by atoms with E-state index in [4.69, 9.17) is 11.6 Å². The van der Waals surface area contributed by atoms with Crippen LogP contribution in [-0.2, 0) is 0 Å². The molecule has 0 spiro atoms. The molecule has 2 aromatic heterocycles. The minimum absolute atomic E-state index is 0.0709. The van der Waals surface area contributed by atoms with Crippen LogP contribution in [0.15, 0.2) is 70.4 Å². The molecule has 0 bridgehead atoms. The maximum Gasteiger partial charge on any atom is 0.334 e. The topological polar surface area (TPSA) is 67.8 Å². The fraction of sp³-hybridized carbons (Fsp3) is 0.0455. The Hall–Kier alpha value is -3.62. The normalized spacial score (nSPS) is 10.5. The lowest BCUT2D eigenvalue weighted by Crippen LogP contribution is -2.34. The zero-order valence-corrected chi connectivity index (χ0v) is 15.6. The fourth-order valence-corrected chi connectivity index (χ4v) is 3.16. The van der Waals surface area contributed by atoms with Crippen molar-refractivity contribution < 1.29 is 0 Å². The van der Waals surface area contributed by atoms with Gasteiger partial charge in [0.25, 0.3) is 5.56 Å². The standard InChI is InChI=1S/C22H14ClN3O2/c1-14-6-5-9-17-19(14)25-22(28)26(21(17)27)20-18(23)12-16(13-24-20)11-10-15-7-3-2-4-8-15/h2-9,12-13H,1H3,(H,25,28). The number of aromatic amines is 1. The second-order valence-electron chi connectivity index (χ2n) is 6.21. The summed E-state index contributed by atoms with van der Waals surface area (Å²) in [7, 11) is 0. The first-order chi connectivity index (χ1) is 13.5. The molecule has 136 valence electrons. The Balaban J connectivity index is 1.82. The van der Waals surface area contributed by atoms with Gasteiger partial charge in [-0.2, -0.15) is 0 Å². The number of hydrogen-bond donors (Lipinski definition) is 1. The third kappa shape index (κ3) is 3.22. The molecule has 0 atom stereocenters. The third-order valence-electron chi connectivity index (χ3n) is 4.30. The minimum Gasteiger partial charge on any atom is -0.306 e. The van der Waals surface area contributed by atoms with Crippen molar-refractivity contribution in [2.45, 2.75) is 6.92 Å². The summed E-state index contributed by atoms with van der Waals surface area (Å²) in [6.07, 6.45) is 1.49. The summed E-state index contributed by atoms with van der Waals surface area (Å²) in [5.74, 6) is 6.06. The van der Waals surface area contributed by atoms with Crippen LogP contribution >= 0.6 is 11.6 Å². The molecule has 0 radical (unpaired) electrons. The Kier molecular flexibility index (Phi) is 4.56. The SMILES string of the molecule is Cc1cccc2c(=O)n(-c3ncc(C#Cc4ccccc4)cc3Cl)c(=O)[nH]c12. The lowest BCUT2D eigenvalue weighted by atomic mass is 10.1. The summed E-state index contributed by atoms with van der Waals surface area (Å²) < 4.78 is 0.943. The molecule has 0 aliphatic rings. The number of benzene rings is 2. The molecule has 5 nitrogen and oxygen atoms in total. The Morgan fingerprint density at radius 1 is 1.00 bits per heavy atom. The van der Waals surface area contributed by atoms with Gasteiger partial charge in [-0.3, -0.25) is 4.79 Å². The molecule has 1 N–H and O–H groups in total. The van der Waals surface area contributed by atoms with E-state index in [0.29, 0.717) is 16.5 Å². The van der Waals surface area contributed by atoms with E-state index in [1.54, 1.807) is 18.2 Å². The Bertz CT molecular complexity index is 1380. The number of para-hydroxylation sites is 1. The van der Waals surface area contributed by atoms with Gasteiger partial charge in [0.15, 0.2) is 5.82 Å². The largest absolute Gasteiger partial charge is 0.334 e. The molecular formula is C22H14ClN3O2. The van der Waals surface area contributed by atoms with E-state index in [1.165, 1.54) is 6.20 Å². The van der Waals surface area contributed by atoms with Crippen molar-refractivity contribution in [3.63, 3.8) is 0 Å². The average Bonchev–Trinajstić information content (AvgIpc) is 2.69. The number of rotatable bonds is 1. The average molecular weight is 388 g/mol. The third-order valence-corrected chi connectivity index (χ3v) is 4.58. The van der Waals surface area contributed by atoms with Crippen LogP contribution in [0.4, 0.5) is 0 Å². The van der Waals surface area contributed by atoms with Gasteiger partial charge in [0, 0.05) is 17.3 Å². The number of aryl methyl sites for hydroxylation is 1. The summed E-state index contributed by atoms with van der Waals surface area (Å²) in [5.41, 5.74) is 1.70. The van der Waals surface area contributed by atoms with Gasteiger partial charge in [-0.1, -0.05) is 53.8 Å². The number of halogens is 1. The molecule has 2 aromatic carbocycles. The summed E-state index contributed by atoms with van der Waals surface area (Å²) in [6, 6.07) is 16.3. The predicted octanol–water partition coefficient (Wildman–Crippen LogP) is 3.44. The van der Waals surface area contributed by atoms with Crippen molar-refractivity contribution in [2.75, 3.05) is 0 Å². The van der Waals surface area contributed by atoms with E-state index in [2.05, 4.69) is 21.8 Å². The van der Waals surface area contributed by atoms with E-state index in [-0.39, 0.29) is 10.8 Å². The number of H-pyrrole nitrogens is 1.